The van der Waals surface area contributed by atoms with Crippen LogP contribution in [-0.4, -0.2) is 49.8 Å². The number of nitrogens with one attached hydrogen (secondary N) is 1. The highest BCUT2D eigenvalue weighted by atomic mass is 16.6. The molecule has 0 aromatic carbocycles. The van der Waals surface area contributed by atoms with Gasteiger partial charge in [-0.2, -0.15) is 5.10 Å². The van der Waals surface area contributed by atoms with Crippen LogP contribution in [0.1, 0.15) is 42.1 Å². The van der Waals surface area contributed by atoms with Crippen molar-refractivity contribution in [1.29, 1.82) is 0 Å². The van der Waals surface area contributed by atoms with Crippen molar-refractivity contribution < 1.29 is 14.4 Å². The number of carbonyl (C=O) groups is 2. The molecule has 0 spiro atoms. The summed E-state index contributed by atoms with van der Waals surface area (Å²) < 4.78 is 1.78. The van der Waals surface area contributed by atoms with E-state index in [0.717, 1.165) is 17.1 Å². The first kappa shape index (κ1) is 19.1. The van der Waals surface area contributed by atoms with Crippen LogP contribution >= 0.6 is 0 Å². The van der Waals surface area contributed by atoms with E-state index < -0.39 is 6.10 Å². The molecule has 0 bridgehead atoms. The van der Waals surface area contributed by atoms with E-state index in [4.69, 9.17) is 4.84 Å². The molecule has 0 radical (unpaired) electrons. The molecule has 4 heterocycles. The van der Waals surface area contributed by atoms with Crippen molar-refractivity contribution in [3.8, 4) is 0 Å². The topological polar surface area (TPSA) is 102 Å². The average molecular weight is 396 g/mol. The maximum absolute atomic E-state index is 12.8. The van der Waals surface area contributed by atoms with Gasteiger partial charge in [0.05, 0.1) is 36.7 Å². The summed E-state index contributed by atoms with van der Waals surface area (Å²) in [5.41, 5.74) is 2.86. The van der Waals surface area contributed by atoms with Gasteiger partial charge < -0.3 is 15.1 Å². The molecule has 0 fully saturated rings. The minimum Gasteiger partial charge on any atom is -0.382 e. The summed E-state index contributed by atoms with van der Waals surface area (Å²) in [6.07, 6.45) is 1.67. The Morgan fingerprint density at radius 3 is 2.90 bits per heavy atom. The van der Waals surface area contributed by atoms with Crippen molar-refractivity contribution in [2.45, 2.75) is 46.0 Å². The molecule has 2 aromatic heterocycles. The van der Waals surface area contributed by atoms with E-state index in [2.05, 4.69) is 20.6 Å². The molecule has 9 heteroatoms. The van der Waals surface area contributed by atoms with Crippen LogP contribution < -0.4 is 5.32 Å². The van der Waals surface area contributed by atoms with Crippen molar-refractivity contribution in [3.05, 3.63) is 47.5 Å². The van der Waals surface area contributed by atoms with E-state index in [1.54, 1.807) is 21.8 Å². The van der Waals surface area contributed by atoms with Gasteiger partial charge in [0.25, 0.3) is 11.8 Å². The number of carbonyl (C=O) groups excluding carboxylic acids is 2. The van der Waals surface area contributed by atoms with E-state index in [-0.39, 0.29) is 17.7 Å². The van der Waals surface area contributed by atoms with Crippen LogP contribution in [-0.2, 0) is 29.3 Å². The van der Waals surface area contributed by atoms with Crippen LogP contribution in [0, 0.1) is 5.92 Å². The highest BCUT2D eigenvalue weighted by Crippen LogP contribution is 2.21. The number of aromatic nitrogens is 3. The summed E-state index contributed by atoms with van der Waals surface area (Å²) in [7, 11) is 0. The van der Waals surface area contributed by atoms with Crippen molar-refractivity contribution >= 4 is 17.5 Å². The predicted octanol–water partition coefficient (Wildman–Crippen LogP) is 1.35. The Kier molecular flexibility index (Phi) is 5.28. The zero-order chi connectivity index (χ0) is 20.4. The number of pyridine rings is 1. The molecule has 9 nitrogen and oxygen atoms in total. The van der Waals surface area contributed by atoms with Crippen LogP contribution in [0.5, 0.6) is 0 Å². The predicted molar refractivity (Wildman–Crippen MR) is 105 cm³/mol. The second-order valence-electron chi connectivity index (χ2n) is 7.54. The lowest BCUT2D eigenvalue weighted by Gasteiger charge is -2.29. The third kappa shape index (κ3) is 4.13. The molecule has 0 saturated heterocycles. The van der Waals surface area contributed by atoms with E-state index >= 15 is 0 Å². The van der Waals surface area contributed by atoms with Gasteiger partial charge >= 0.3 is 0 Å². The normalized spacial score (nSPS) is 18.2. The van der Waals surface area contributed by atoms with Gasteiger partial charge in [-0.05, 0) is 24.1 Å². The number of rotatable bonds is 5. The first-order valence-corrected chi connectivity index (χ1v) is 9.77. The second-order valence-corrected chi connectivity index (χ2v) is 7.54. The molecule has 2 aromatic rings. The summed E-state index contributed by atoms with van der Waals surface area (Å²) in [4.78, 5) is 36.5. The van der Waals surface area contributed by atoms with Crippen LogP contribution in [0.4, 0.5) is 0 Å². The van der Waals surface area contributed by atoms with Crippen LogP contribution in [0.2, 0.25) is 0 Å². The Hall–Kier alpha value is -3.23. The fourth-order valence-corrected chi connectivity index (χ4v) is 3.40. The third-order valence-electron chi connectivity index (χ3n) is 5.13. The van der Waals surface area contributed by atoms with Crippen molar-refractivity contribution in [1.82, 2.24) is 25.0 Å². The van der Waals surface area contributed by atoms with E-state index in [1.165, 1.54) is 0 Å². The van der Waals surface area contributed by atoms with E-state index in [0.29, 0.717) is 38.3 Å². The highest BCUT2D eigenvalue weighted by molar-refractivity contribution is 5.94. The van der Waals surface area contributed by atoms with Gasteiger partial charge in [0.15, 0.2) is 5.69 Å². The summed E-state index contributed by atoms with van der Waals surface area (Å²) in [6.45, 7) is 5.88. The Balaban J connectivity index is 1.36. The van der Waals surface area contributed by atoms with Crippen LogP contribution in [0.25, 0.3) is 0 Å². The van der Waals surface area contributed by atoms with E-state index in [9.17, 15) is 9.59 Å². The zero-order valence-electron chi connectivity index (χ0n) is 16.5. The van der Waals surface area contributed by atoms with Crippen LogP contribution in [0.15, 0.2) is 35.6 Å². The van der Waals surface area contributed by atoms with Gasteiger partial charge in [0.2, 0.25) is 6.10 Å². The summed E-state index contributed by atoms with van der Waals surface area (Å²) >= 11 is 0. The molecule has 29 heavy (non-hydrogen) atoms. The summed E-state index contributed by atoms with van der Waals surface area (Å²) in [6, 6.07) is 7.28. The van der Waals surface area contributed by atoms with Crippen molar-refractivity contribution in [2.24, 2.45) is 11.1 Å². The molecule has 0 unspecified atom stereocenters. The molecule has 4 rings (SSSR count). The molecule has 2 amide bonds. The van der Waals surface area contributed by atoms with Crippen LogP contribution in [0.3, 0.4) is 0 Å². The number of amides is 2. The Morgan fingerprint density at radius 2 is 2.17 bits per heavy atom. The molecule has 2 aliphatic rings. The number of nitrogens with zero attached hydrogens (tertiary/aromatic N) is 5. The van der Waals surface area contributed by atoms with Crippen molar-refractivity contribution in [2.75, 3.05) is 6.54 Å². The quantitative estimate of drug-likeness (QED) is 0.822. The average Bonchev–Trinajstić information content (AvgIpc) is 3.39. The van der Waals surface area contributed by atoms with Gasteiger partial charge in [-0.25, -0.2) is 0 Å². The molecular weight excluding hydrogens is 372 g/mol. The van der Waals surface area contributed by atoms with Gasteiger partial charge in [-0.1, -0.05) is 25.1 Å². The fourth-order valence-electron chi connectivity index (χ4n) is 3.40. The number of hydrogen-bond donors (Lipinski definition) is 1. The summed E-state index contributed by atoms with van der Waals surface area (Å²) in [5, 5.41) is 11.3. The summed E-state index contributed by atoms with van der Waals surface area (Å²) in [5.74, 6) is -0.0646. The monoisotopic (exact) mass is 396 g/mol. The maximum Gasteiger partial charge on any atom is 0.272 e. The highest BCUT2D eigenvalue weighted by Gasteiger charge is 2.34. The van der Waals surface area contributed by atoms with Gasteiger partial charge in [0, 0.05) is 19.2 Å². The number of fused-ring (bicyclic) bond motifs is 1. The maximum atomic E-state index is 12.8. The minimum absolute atomic E-state index is 0.0713. The Labute approximate surface area is 168 Å². The number of hydrogen-bond acceptors (Lipinski definition) is 6. The molecule has 2 aliphatic heterocycles. The van der Waals surface area contributed by atoms with Gasteiger partial charge in [-0.3, -0.25) is 19.3 Å². The SMILES string of the molecule is CC(C)C1=NO[C@H](C(=O)N2CCn3nc(C(=O)NCc4ccccn4)cc3C2)C1. The van der Waals surface area contributed by atoms with E-state index in [1.807, 2.05) is 32.0 Å². The number of oxime groups is 1. The molecule has 1 N–H and O–H groups in total. The zero-order valence-corrected chi connectivity index (χ0v) is 16.5. The first-order chi connectivity index (χ1) is 14.0. The molecule has 1 atom stereocenters. The Bertz CT molecular complexity index is 937. The molecular formula is C20H24N6O3. The molecule has 152 valence electrons. The fraction of sp³-hybridized carbons (Fsp3) is 0.450. The largest absolute Gasteiger partial charge is 0.382 e. The molecule has 0 saturated carbocycles. The molecule has 0 aliphatic carbocycles. The lowest BCUT2D eigenvalue weighted by atomic mass is 10.0. The second kappa shape index (κ2) is 8.02. The third-order valence-corrected chi connectivity index (χ3v) is 5.13. The first-order valence-electron chi connectivity index (χ1n) is 9.77. The lowest BCUT2D eigenvalue weighted by molar-refractivity contribution is -0.143. The lowest BCUT2D eigenvalue weighted by Crippen LogP contribution is -2.43. The van der Waals surface area contributed by atoms with Gasteiger partial charge in [-0.15, -0.1) is 0 Å². The van der Waals surface area contributed by atoms with Gasteiger partial charge in [0.1, 0.15) is 0 Å². The standard InChI is InChI=1S/C20H24N6O3/c1-13(2)16-10-18(29-24-16)20(28)25-7-8-26-15(12-25)9-17(23-26)19(27)22-11-14-5-3-4-6-21-14/h3-6,9,13,18H,7-8,10-12H2,1-2H3,(H,22,27)/t18-/m0/s1. The smallest absolute Gasteiger partial charge is 0.272 e. The van der Waals surface area contributed by atoms with Crippen molar-refractivity contribution in [3.63, 3.8) is 0 Å². The Morgan fingerprint density at radius 1 is 1.31 bits per heavy atom. The minimum atomic E-state index is -0.553.